The number of hydrogen-bond acceptors (Lipinski definition) is 3. The highest BCUT2D eigenvalue weighted by Gasteiger charge is 2.30. The van der Waals surface area contributed by atoms with E-state index in [2.05, 4.69) is 5.32 Å². The van der Waals surface area contributed by atoms with Crippen molar-refractivity contribution in [2.24, 2.45) is 11.7 Å². The molecule has 3 N–H and O–H groups in total. The number of ether oxygens (including phenoxy) is 1. The molecule has 0 saturated heterocycles. The molecule has 4 nitrogen and oxygen atoms in total. The molecule has 1 atom stereocenters. The molecule has 0 aliphatic rings. The SMILES string of the molecule is CC(C)CC(C)(NCCOc1ccccc1F)C(N)=O. The molecular weight excluding hydrogens is 259 g/mol. The predicted octanol–water partition coefficient (Wildman–Crippen LogP) is 2.08. The first-order valence-electron chi connectivity index (χ1n) is 6.77. The zero-order chi connectivity index (χ0) is 15.2. The average molecular weight is 282 g/mol. The lowest BCUT2D eigenvalue weighted by atomic mass is 9.90. The number of para-hydroxylation sites is 1. The van der Waals surface area contributed by atoms with Gasteiger partial charge in [0, 0.05) is 6.54 Å². The van der Waals surface area contributed by atoms with Gasteiger partial charge in [0.1, 0.15) is 6.61 Å². The molecule has 1 amide bonds. The van der Waals surface area contributed by atoms with Crippen LogP contribution >= 0.6 is 0 Å². The number of carbonyl (C=O) groups is 1. The molecule has 0 heterocycles. The standard InChI is InChI=1S/C15H23FN2O2/c1-11(2)10-15(3,14(17)19)18-8-9-20-13-7-5-4-6-12(13)16/h4-7,11,18H,8-10H2,1-3H3,(H2,17,19). The topological polar surface area (TPSA) is 64.3 Å². The van der Waals surface area contributed by atoms with Gasteiger partial charge in [-0.3, -0.25) is 4.79 Å². The summed E-state index contributed by atoms with van der Waals surface area (Å²) in [6, 6.07) is 6.22. The third-order valence-electron chi connectivity index (χ3n) is 3.07. The van der Waals surface area contributed by atoms with Gasteiger partial charge in [0.25, 0.3) is 0 Å². The molecule has 0 aromatic heterocycles. The molecule has 0 spiro atoms. The first-order valence-corrected chi connectivity index (χ1v) is 6.77. The quantitative estimate of drug-likeness (QED) is 0.718. The molecule has 1 rings (SSSR count). The molecule has 1 aromatic rings. The average Bonchev–Trinajstić information content (AvgIpc) is 2.35. The molecule has 20 heavy (non-hydrogen) atoms. The summed E-state index contributed by atoms with van der Waals surface area (Å²) < 4.78 is 18.7. The molecule has 0 radical (unpaired) electrons. The zero-order valence-corrected chi connectivity index (χ0v) is 12.3. The third-order valence-corrected chi connectivity index (χ3v) is 3.07. The molecule has 0 bridgehead atoms. The molecule has 0 fully saturated rings. The monoisotopic (exact) mass is 282 g/mol. The fourth-order valence-electron chi connectivity index (χ4n) is 2.13. The minimum atomic E-state index is -0.771. The lowest BCUT2D eigenvalue weighted by molar-refractivity contribution is -0.124. The number of primary amides is 1. The number of hydrogen-bond donors (Lipinski definition) is 2. The second-order valence-corrected chi connectivity index (χ2v) is 5.50. The second kappa shape index (κ2) is 7.24. The molecule has 112 valence electrons. The van der Waals surface area contributed by atoms with Crippen molar-refractivity contribution in [2.75, 3.05) is 13.2 Å². The van der Waals surface area contributed by atoms with Gasteiger partial charge in [0.15, 0.2) is 11.6 Å². The fraction of sp³-hybridized carbons (Fsp3) is 0.533. The summed E-state index contributed by atoms with van der Waals surface area (Å²) in [6.07, 6.45) is 0.641. The Hall–Kier alpha value is -1.62. The van der Waals surface area contributed by atoms with E-state index >= 15 is 0 Å². The van der Waals surface area contributed by atoms with E-state index in [9.17, 15) is 9.18 Å². The molecule has 0 saturated carbocycles. The Kier molecular flexibility index (Phi) is 5.95. The van der Waals surface area contributed by atoms with E-state index in [1.54, 1.807) is 25.1 Å². The molecule has 0 aliphatic heterocycles. The maximum absolute atomic E-state index is 13.3. The molecule has 5 heteroatoms. The molecule has 0 aliphatic carbocycles. The van der Waals surface area contributed by atoms with Gasteiger partial charge < -0.3 is 15.8 Å². The van der Waals surface area contributed by atoms with E-state index in [0.717, 1.165) is 0 Å². The highest BCUT2D eigenvalue weighted by molar-refractivity contribution is 5.84. The van der Waals surface area contributed by atoms with Crippen LogP contribution in [0, 0.1) is 11.7 Å². The Bertz CT molecular complexity index is 451. The van der Waals surface area contributed by atoms with Crippen LogP contribution in [0.1, 0.15) is 27.2 Å². The fourth-order valence-corrected chi connectivity index (χ4v) is 2.13. The van der Waals surface area contributed by atoms with Crippen molar-refractivity contribution in [3.05, 3.63) is 30.1 Å². The molecule has 1 aromatic carbocycles. The van der Waals surface area contributed by atoms with Crippen LogP contribution in [-0.2, 0) is 4.79 Å². The largest absolute Gasteiger partial charge is 0.489 e. The van der Waals surface area contributed by atoms with E-state index in [1.165, 1.54) is 6.07 Å². The smallest absolute Gasteiger partial charge is 0.237 e. The van der Waals surface area contributed by atoms with Gasteiger partial charge in [-0.25, -0.2) is 4.39 Å². The Balaban J connectivity index is 2.46. The van der Waals surface area contributed by atoms with Gasteiger partial charge in [-0.2, -0.15) is 0 Å². The van der Waals surface area contributed by atoms with Gasteiger partial charge in [-0.15, -0.1) is 0 Å². The third kappa shape index (κ3) is 4.81. The van der Waals surface area contributed by atoms with Crippen molar-refractivity contribution in [3.8, 4) is 5.75 Å². The van der Waals surface area contributed by atoms with Gasteiger partial charge in [-0.05, 0) is 31.4 Å². The summed E-state index contributed by atoms with van der Waals surface area (Å²) in [5, 5.41) is 3.09. The zero-order valence-electron chi connectivity index (χ0n) is 12.3. The summed E-state index contributed by atoms with van der Waals surface area (Å²) in [7, 11) is 0. The Morgan fingerprint density at radius 2 is 2.10 bits per heavy atom. The van der Waals surface area contributed by atoms with Crippen molar-refractivity contribution in [3.63, 3.8) is 0 Å². The van der Waals surface area contributed by atoms with Crippen LogP contribution in [0.4, 0.5) is 4.39 Å². The van der Waals surface area contributed by atoms with Crippen LogP contribution in [-0.4, -0.2) is 24.6 Å². The number of amides is 1. The van der Waals surface area contributed by atoms with Crippen LogP contribution in [0.3, 0.4) is 0 Å². The lowest BCUT2D eigenvalue weighted by Gasteiger charge is -2.29. The van der Waals surface area contributed by atoms with Crippen molar-refractivity contribution < 1.29 is 13.9 Å². The van der Waals surface area contributed by atoms with Gasteiger partial charge in [-0.1, -0.05) is 26.0 Å². The van der Waals surface area contributed by atoms with Crippen LogP contribution in [0.5, 0.6) is 5.75 Å². The summed E-state index contributed by atoms with van der Waals surface area (Å²) in [5.41, 5.74) is 4.66. The Labute approximate surface area is 119 Å². The lowest BCUT2D eigenvalue weighted by Crippen LogP contribution is -2.54. The van der Waals surface area contributed by atoms with Crippen molar-refractivity contribution in [1.29, 1.82) is 0 Å². The van der Waals surface area contributed by atoms with E-state index in [1.807, 2.05) is 13.8 Å². The van der Waals surface area contributed by atoms with E-state index in [-0.39, 0.29) is 12.4 Å². The summed E-state index contributed by atoms with van der Waals surface area (Å²) in [5.74, 6) is -0.240. The number of halogens is 1. The highest BCUT2D eigenvalue weighted by Crippen LogP contribution is 2.17. The van der Waals surface area contributed by atoms with Crippen LogP contribution in [0.25, 0.3) is 0 Å². The van der Waals surface area contributed by atoms with Crippen LogP contribution < -0.4 is 15.8 Å². The highest BCUT2D eigenvalue weighted by atomic mass is 19.1. The van der Waals surface area contributed by atoms with Gasteiger partial charge in [0.2, 0.25) is 5.91 Å². The minimum Gasteiger partial charge on any atom is -0.489 e. The maximum Gasteiger partial charge on any atom is 0.237 e. The van der Waals surface area contributed by atoms with Gasteiger partial charge >= 0.3 is 0 Å². The number of rotatable bonds is 8. The molecule has 1 unspecified atom stereocenters. The van der Waals surface area contributed by atoms with E-state index in [4.69, 9.17) is 10.5 Å². The number of nitrogens with two attached hydrogens (primary N) is 1. The summed E-state index contributed by atoms with van der Waals surface area (Å²) in [6.45, 7) is 6.51. The Morgan fingerprint density at radius 1 is 1.45 bits per heavy atom. The molecular formula is C15H23FN2O2. The summed E-state index contributed by atoms with van der Waals surface area (Å²) >= 11 is 0. The van der Waals surface area contributed by atoms with E-state index in [0.29, 0.717) is 18.9 Å². The predicted molar refractivity (Wildman–Crippen MR) is 77.0 cm³/mol. The first-order chi connectivity index (χ1) is 9.35. The maximum atomic E-state index is 13.3. The first kappa shape index (κ1) is 16.4. The van der Waals surface area contributed by atoms with Crippen molar-refractivity contribution >= 4 is 5.91 Å². The van der Waals surface area contributed by atoms with Crippen LogP contribution in [0.2, 0.25) is 0 Å². The van der Waals surface area contributed by atoms with Gasteiger partial charge in [0.05, 0.1) is 5.54 Å². The normalized spacial score (nSPS) is 14.1. The van der Waals surface area contributed by atoms with Crippen LogP contribution in [0.15, 0.2) is 24.3 Å². The number of nitrogens with one attached hydrogen (secondary N) is 1. The summed E-state index contributed by atoms with van der Waals surface area (Å²) in [4.78, 5) is 11.5. The Morgan fingerprint density at radius 3 is 2.65 bits per heavy atom. The van der Waals surface area contributed by atoms with Crippen molar-refractivity contribution in [2.45, 2.75) is 32.7 Å². The number of benzene rings is 1. The number of carbonyl (C=O) groups excluding carboxylic acids is 1. The second-order valence-electron chi connectivity index (χ2n) is 5.50. The van der Waals surface area contributed by atoms with E-state index < -0.39 is 17.3 Å². The van der Waals surface area contributed by atoms with Crippen molar-refractivity contribution in [1.82, 2.24) is 5.32 Å². The minimum absolute atomic E-state index is 0.207.